The summed E-state index contributed by atoms with van der Waals surface area (Å²) in [6, 6.07) is 11.6. The van der Waals surface area contributed by atoms with Crippen LogP contribution >= 0.6 is 11.6 Å². The molecule has 0 aromatic heterocycles. The molecule has 0 aliphatic carbocycles. The second-order valence-electron chi connectivity index (χ2n) is 7.31. The summed E-state index contributed by atoms with van der Waals surface area (Å²) < 4.78 is 32.4. The van der Waals surface area contributed by atoms with Crippen LogP contribution in [0.5, 0.6) is 5.75 Å². The van der Waals surface area contributed by atoms with Crippen molar-refractivity contribution >= 4 is 33.2 Å². The predicted octanol–water partition coefficient (Wildman–Crippen LogP) is 3.95. The van der Waals surface area contributed by atoms with E-state index in [1.165, 1.54) is 7.11 Å². The highest BCUT2D eigenvalue weighted by Gasteiger charge is 2.18. The van der Waals surface area contributed by atoms with E-state index in [0.717, 1.165) is 5.56 Å². The number of hydrogen-bond acceptors (Lipinski definition) is 4. The number of benzene rings is 2. The molecule has 0 heterocycles. The van der Waals surface area contributed by atoms with Crippen LogP contribution in [0, 0.1) is 0 Å². The standard InChI is InChI=1S/C20H25ClN2O4S/c1-20(2,3)14-5-8-16(9-6-14)28(25,26)22-12-11-19(24)23-17-13-15(21)7-10-18(17)27-4/h5-10,13,22H,11-12H2,1-4H3,(H,23,24). The topological polar surface area (TPSA) is 84.5 Å². The Morgan fingerprint density at radius 2 is 1.75 bits per heavy atom. The number of nitrogens with one attached hydrogen (secondary N) is 2. The van der Waals surface area contributed by atoms with Gasteiger partial charge in [0, 0.05) is 18.0 Å². The summed E-state index contributed by atoms with van der Waals surface area (Å²) in [5.41, 5.74) is 1.41. The van der Waals surface area contributed by atoms with Gasteiger partial charge in [-0.3, -0.25) is 4.79 Å². The first-order valence-corrected chi connectivity index (χ1v) is 10.6. The van der Waals surface area contributed by atoms with Gasteiger partial charge in [0.05, 0.1) is 17.7 Å². The number of sulfonamides is 1. The molecule has 2 rings (SSSR count). The first kappa shape index (κ1) is 22.2. The Hall–Kier alpha value is -2.09. The van der Waals surface area contributed by atoms with E-state index in [1.807, 2.05) is 0 Å². The highest BCUT2D eigenvalue weighted by molar-refractivity contribution is 7.89. The zero-order chi connectivity index (χ0) is 20.9. The average molecular weight is 425 g/mol. The molecule has 0 bridgehead atoms. The smallest absolute Gasteiger partial charge is 0.240 e. The van der Waals surface area contributed by atoms with E-state index in [1.54, 1.807) is 42.5 Å². The Labute approximate surface area is 171 Å². The van der Waals surface area contributed by atoms with E-state index in [-0.39, 0.29) is 29.2 Å². The molecule has 0 atom stereocenters. The number of anilines is 1. The first-order chi connectivity index (χ1) is 13.0. The van der Waals surface area contributed by atoms with Crippen LogP contribution in [0.3, 0.4) is 0 Å². The molecule has 28 heavy (non-hydrogen) atoms. The van der Waals surface area contributed by atoms with E-state index >= 15 is 0 Å². The van der Waals surface area contributed by atoms with Gasteiger partial charge in [-0.05, 0) is 41.3 Å². The zero-order valence-corrected chi connectivity index (χ0v) is 17.9. The van der Waals surface area contributed by atoms with Crippen molar-refractivity contribution in [3.8, 4) is 5.75 Å². The maximum Gasteiger partial charge on any atom is 0.240 e. The molecular weight excluding hydrogens is 400 g/mol. The molecule has 0 aliphatic rings. The maximum absolute atomic E-state index is 12.4. The summed E-state index contributed by atoms with van der Waals surface area (Å²) in [5.74, 6) is 0.114. The second-order valence-corrected chi connectivity index (χ2v) is 9.52. The van der Waals surface area contributed by atoms with Gasteiger partial charge in [0.15, 0.2) is 0 Å². The summed E-state index contributed by atoms with van der Waals surface area (Å²) >= 11 is 5.93. The van der Waals surface area contributed by atoms with Gasteiger partial charge >= 0.3 is 0 Å². The lowest BCUT2D eigenvalue weighted by Gasteiger charge is -2.19. The molecule has 0 unspecified atom stereocenters. The molecule has 2 N–H and O–H groups in total. The third-order valence-electron chi connectivity index (χ3n) is 4.11. The molecular formula is C20H25ClN2O4S. The number of carbonyl (C=O) groups is 1. The van der Waals surface area contributed by atoms with Gasteiger partial charge in [-0.15, -0.1) is 0 Å². The van der Waals surface area contributed by atoms with Crippen LogP contribution in [0.4, 0.5) is 5.69 Å². The van der Waals surface area contributed by atoms with Gasteiger partial charge in [0.2, 0.25) is 15.9 Å². The fraction of sp³-hybridized carbons (Fsp3) is 0.350. The van der Waals surface area contributed by atoms with Crippen LogP contribution in [0.15, 0.2) is 47.4 Å². The number of hydrogen-bond donors (Lipinski definition) is 2. The third kappa shape index (κ3) is 5.95. The van der Waals surface area contributed by atoms with Crippen LogP contribution in [-0.2, 0) is 20.2 Å². The SMILES string of the molecule is COc1ccc(Cl)cc1NC(=O)CCNS(=O)(=O)c1ccc(C(C)(C)C)cc1. The summed E-state index contributed by atoms with van der Waals surface area (Å²) in [5, 5.41) is 3.12. The van der Waals surface area contributed by atoms with Crippen molar-refractivity contribution in [2.24, 2.45) is 0 Å². The third-order valence-corrected chi connectivity index (χ3v) is 5.82. The van der Waals surface area contributed by atoms with Crippen molar-refractivity contribution in [3.05, 3.63) is 53.1 Å². The van der Waals surface area contributed by atoms with Gasteiger partial charge in [-0.25, -0.2) is 13.1 Å². The number of amides is 1. The summed E-state index contributed by atoms with van der Waals surface area (Å²) in [6.45, 7) is 6.14. The number of carbonyl (C=O) groups excluding carboxylic acids is 1. The summed E-state index contributed by atoms with van der Waals surface area (Å²) in [6.07, 6.45) is -0.0328. The quantitative estimate of drug-likeness (QED) is 0.704. The number of methoxy groups -OCH3 is 1. The molecule has 6 nitrogen and oxygen atoms in total. The number of rotatable bonds is 7. The summed E-state index contributed by atoms with van der Waals surface area (Å²) in [4.78, 5) is 12.3. The van der Waals surface area contributed by atoms with Crippen molar-refractivity contribution in [2.75, 3.05) is 19.0 Å². The molecule has 8 heteroatoms. The minimum atomic E-state index is -3.69. The fourth-order valence-corrected chi connectivity index (χ4v) is 3.71. The van der Waals surface area contributed by atoms with Gasteiger partial charge < -0.3 is 10.1 Å². The molecule has 2 aromatic rings. The Balaban J connectivity index is 1.95. The van der Waals surface area contributed by atoms with E-state index in [4.69, 9.17) is 16.3 Å². The highest BCUT2D eigenvalue weighted by Crippen LogP contribution is 2.27. The van der Waals surface area contributed by atoms with Crippen LogP contribution in [-0.4, -0.2) is 28.0 Å². The fourth-order valence-electron chi connectivity index (χ4n) is 2.51. The molecule has 0 saturated carbocycles. The van der Waals surface area contributed by atoms with Crippen LogP contribution < -0.4 is 14.8 Å². The Morgan fingerprint density at radius 3 is 2.32 bits per heavy atom. The van der Waals surface area contributed by atoms with Gasteiger partial charge in [-0.1, -0.05) is 44.5 Å². The Morgan fingerprint density at radius 1 is 1.11 bits per heavy atom. The minimum Gasteiger partial charge on any atom is -0.495 e. The Kier molecular flexibility index (Phi) is 7.09. The number of ether oxygens (including phenoxy) is 1. The lowest BCUT2D eigenvalue weighted by molar-refractivity contribution is -0.116. The maximum atomic E-state index is 12.4. The molecule has 2 aromatic carbocycles. The molecule has 0 fully saturated rings. The molecule has 0 radical (unpaired) electrons. The minimum absolute atomic E-state index is 0.0297. The van der Waals surface area contributed by atoms with Crippen molar-refractivity contribution in [1.82, 2.24) is 4.72 Å². The normalized spacial score (nSPS) is 11.9. The van der Waals surface area contributed by atoms with Crippen LogP contribution in [0.2, 0.25) is 5.02 Å². The zero-order valence-electron chi connectivity index (χ0n) is 16.4. The van der Waals surface area contributed by atoms with Crippen molar-refractivity contribution in [3.63, 3.8) is 0 Å². The molecule has 0 saturated heterocycles. The lowest BCUT2D eigenvalue weighted by atomic mass is 9.87. The lowest BCUT2D eigenvalue weighted by Crippen LogP contribution is -2.28. The largest absolute Gasteiger partial charge is 0.495 e. The van der Waals surface area contributed by atoms with Gasteiger partial charge in [0.25, 0.3) is 0 Å². The van der Waals surface area contributed by atoms with Crippen molar-refractivity contribution in [1.29, 1.82) is 0 Å². The first-order valence-electron chi connectivity index (χ1n) is 8.76. The van der Waals surface area contributed by atoms with Gasteiger partial charge in [-0.2, -0.15) is 0 Å². The highest BCUT2D eigenvalue weighted by atomic mass is 35.5. The molecule has 0 spiro atoms. The summed E-state index contributed by atoms with van der Waals surface area (Å²) in [7, 11) is -2.20. The molecule has 152 valence electrons. The average Bonchev–Trinajstić information content (AvgIpc) is 2.61. The van der Waals surface area contributed by atoms with Crippen molar-refractivity contribution in [2.45, 2.75) is 37.5 Å². The van der Waals surface area contributed by atoms with Crippen LogP contribution in [0.25, 0.3) is 0 Å². The van der Waals surface area contributed by atoms with Gasteiger partial charge in [0.1, 0.15) is 5.75 Å². The monoisotopic (exact) mass is 424 g/mol. The van der Waals surface area contributed by atoms with E-state index < -0.39 is 10.0 Å². The molecule has 1 amide bonds. The number of halogens is 1. The van der Waals surface area contributed by atoms with E-state index in [9.17, 15) is 13.2 Å². The second kappa shape index (κ2) is 8.94. The van der Waals surface area contributed by atoms with E-state index in [2.05, 4.69) is 30.8 Å². The Bertz CT molecular complexity index is 936. The molecule has 0 aliphatic heterocycles. The van der Waals surface area contributed by atoms with E-state index in [0.29, 0.717) is 16.5 Å². The van der Waals surface area contributed by atoms with Crippen molar-refractivity contribution < 1.29 is 17.9 Å². The van der Waals surface area contributed by atoms with Crippen LogP contribution in [0.1, 0.15) is 32.8 Å². The predicted molar refractivity (Wildman–Crippen MR) is 112 cm³/mol.